The first-order valence-corrected chi connectivity index (χ1v) is 11.4. The van der Waals surface area contributed by atoms with Crippen molar-refractivity contribution in [2.75, 3.05) is 14.2 Å². The Morgan fingerprint density at radius 1 is 0.553 bits per heavy atom. The number of hydrogen-bond acceptors (Lipinski definition) is 6. The standard InChI is InChI=1S/C30H22O8/c1-37-29(35)20-14-8-6-12-18(20)23-16-22(17-10-4-3-5-11-17)25(27(31)32)26(28(33)34)24(23)19-13-7-9-15-21(19)30(36)38-2/h3-16H,1-2H3,(H,31,32)(H,33,34). The van der Waals surface area contributed by atoms with Crippen LogP contribution in [0.15, 0.2) is 84.9 Å². The largest absolute Gasteiger partial charge is 0.478 e. The normalized spacial score (nSPS) is 10.5. The van der Waals surface area contributed by atoms with Crippen LogP contribution in [0.5, 0.6) is 0 Å². The van der Waals surface area contributed by atoms with Gasteiger partial charge in [-0.25, -0.2) is 19.2 Å². The maximum absolute atomic E-state index is 12.8. The van der Waals surface area contributed by atoms with E-state index in [9.17, 15) is 29.4 Å². The fourth-order valence-corrected chi connectivity index (χ4v) is 4.45. The Labute approximate surface area is 217 Å². The molecule has 8 heteroatoms. The van der Waals surface area contributed by atoms with Crippen molar-refractivity contribution in [2.24, 2.45) is 0 Å². The van der Waals surface area contributed by atoms with E-state index in [-0.39, 0.29) is 33.4 Å². The molecule has 38 heavy (non-hydrogen) atoms. The molecule has 4 rings (SSSR count). The maximum Gasteiger partial charge on any atom is 0.338 e. The molecule has 2 N–H and O–H groups in total. The summed E-state index contributed by atoms with van der Waals surface area (Å²) in [5.41, 5.74) is 0.349. The predicted molar refractivity (Wildman–Crippen MR) is 139 cm³/mol. The molecule has 0 aliphatic heterocycles. The molecule has 0 spiro atoms. The lowest BCUT2D eigenvalue weighted by Crippen LogP contribution is -2.15. The maximum atomic E-state index is 12.8. The molecule has 0 atom stereocenters. The monoisotopic (exact) mass is 510 g/mol. The summed E-state index contributed by atoms with van der Waals surface area (Å²) in [6.07, 6.45) is 0. The molecule has 0 aliphatic rings. The molecule has 0 heterocycles. The molecule has 4 aromatic carbocycles. The van der Waals surface area contributed by atoms with Gasteiger partial charge in [-0.15, -0.1) is 0 Å². The van der Waals surface area contributed by atoms with E-state index < -0.39 is 35.0 Å². The molecule has 0 amide bonds. The van der Waals surface area contributed by atoms with Gasteiger partial charge in [0.05, 0.1) is 36.5 Å². The molecule has 0 unspecified atom stereocenters. The lowest BCUT2D eigenvalue weighted by molar-refractivity contribution is 0.0592. The number of aromatic carboxylic acids is 2. The van der Waals surface area contributed by atoms with E-state index in [2.05, 4.69) is 0 Å². The number of benzene rings is 4. The third kappa shape index (κ3) is 4.62. The van der Waals surface area contributed by atoms with Crippen LogP contribution in [0.4, 0.5) is 0 Å². The van der Waals surface area contributed by atoms with Crippen molar-refractivity contribution >= 4 is 23.9 Å². The molecule has 0 saturated heterocycles. The fourth-order valence-electron chi connectivity index (χ4n) is 4.45. The third-order valence-corrected chi connectivity index (χ3v) is 6.06. The summed E-state index contributed by atoms with van der Waals surface area (Å²) in [5, 5.41) is 20.7. The van der Waals surface area contributed by atoms with Crippen LogP contribution in [-0.2, 0) is 9.47 Å². The molecule has 190 valence electrons. The smallest absolute Gasteiger partial charge is 0.338 e. The fraction of sp³-hybridized carbons (Fsp3) is 0.0667. The quantitative estimate of drug-likeness (QED) is 0.305. The van der Waals surface area contributed by atoms with Crippen LogP contribution in [0.3, 0.4) is 0 Å². The van der Waals surface area contributed by atoms with Crippen molar-refractivity contribution in [1.29, 1.82) is 0 Å². The van der Waals surface area contributed by atoms with E-state index in [0.29, 0.717) is 11.1 Å². The Morgan fingerprint density at radius 3 is 1.55 bits per heavy atom. The minimum absolute atomic E-state index is 0.0260. The number of hydrogen-bond donors (Lipinski definition) is 2. The first kappa shape index (κ1) is 25.8. The summed E-state index contributed by atoms with van der Waals surface area (Å²) >= 11 is 0. The molecule has 8 nitrogen and oxygen atoms in total. The van der Waals surface area contributed by atoms with Crippen LogP contribution >= 0.6 is 0 Å². The van der Waals surface area contributed by atoms with Crippen LogP contribution in [-0.4, -0.2) is 48.3 Å². The minimum Gasteiger partial charge on any atom is -0.478 e. The molecular formula is C30H22O8. The van der Waals surface area contributed by atoms with Gasteiger partial charge in [-0.05, 0) is 46.0 Å². The van der Waals surface area contributed by atoms with Crippen LogP contribution < -0.4 is 0 Å². The number of carbonyl (C=O) groups is 4. The Balaban J connectivity index is 2.29. The van der Waals surface area contributed by atoms with Crippen LogP contribution in [0.1, 0.15) is 41.4 Å². The van der Waals surface area contributed by atoms with E-state index in [4.69, 9.17) is 9.47 Å². The van der Waals surface area contributed by atoms with Crippen LogP contribution in [0, 0.1) is 0 Å². The first-order chi connectivity index (χ1) is 18.3. The number of methoxy groups -OCH3 is 2. The lowest BCUT2D eigenvalue weighted by atomic mass is 9.81. The Hall–Kier alpha value is -5.24. The molecule has 4 aromatic rings. The van der Waals surface area contributed by atoms with E-state index in [1.807, 2.05) is 0 Å². The Morgan fingerprint density at radius 2 is 1.03 bits per heavy atom. The van der Waals surface area contributed by atoms with Gasteiger partial charge in [0, 0.05) is 5.56 Å². The Kier molecular flexibility index (Phi) is 7.34. The zero-order chi connectivity index (χ0) is 27.4. The van der Waals surface area contributed by atoms with Gasteiger partial charge >= 0.3 is 23.9 Å². The zero-order valence-corrected chi connectivity index (χ0v) is 20.4. The van der Waals surface area contributed by atoms with E-state index in [0.717, 1.165) is 0 Å². The van der Waals surface area contributed by atoms with Crippen molar-refractivity contribution in [3.63, 3.8) is 0 Å². The van der Waals surface area contributed by atoms with E-state index in [1.165, 1.54) is 38.5 Å². The van der Waals surface area contributed by atoms with Crippen molar-refractivity contribution in [3.05, 3.63) is 107 Å². The second-order valence-electron chi connectivity index (χ2n) is 8.15. The van der Waals surface area contributed by atoms with Gasteiger partial charge in [0.2, 0.25) is 0 Å². The van der Waals surface area contributed by atoms with E-state index >= 15 is 0 Å². The summed E-state index contributed by atoms with van der Waals surface area (Å²) in [7, 11) is 2.41. The second-order valence-corrected chi connectivity index (χ2v) is 8.15. The van der Waals surface area contributed by atoms with Gasteiger partial charge in [-0.1, -0.05) is 66.7 Å². The van der Waals surface area contributed by atoms with Gasteiger partial charge in [-0.3, -0.25) is 0 Å². The topological polar surface area (TPSA) is 127 Å². The Bertz CT molecular complexity index is 1570. The van der Waals surface area contributed by atoms with Crippen molar-refractivity contribution in [3.8, 4) is 33.4 Å². The highest BCUT2D eigenvalue weighted by molar-refractivity contribution is 6.16. The lowest BCUT2D eigenvalue weighted by Gasteiger charge is -2.22. The van der Waals surface area contributed by atoms with Gasteiger partial charge in [0.15, 0.2) is 0 Å². The van der Waals surface area contributed by atoms with Gasteiger partial charge < -0.3 is 19.7 Å². The number of rotatable bonds is 7. The number of esters is 2. The van der Waals surface area contributed by atoms with Crippen LogP contribution in [0.25, 0.3) is 33.4 Å². The summed E-state index contributed by atoms with van der Waals surface area (Å²) < 4.78 is 9.87. The predicted octanol–water partition coefficient (Wildman–Crippen LogP) is 5.66. The van der Waals surface area contributed by atoms with Gasteiger partial charge in [-0.2, -0.15) is 0 Å². The molecule has 0 saturated carbocycles. The highest BCUT2D eigenvalue weighted by Gasteiger charge is 2.31. The minimum atomic E-state index is -1.52. The summed E-state index contributed by atoms with van der Waals surface area (Å²) in [6, 6.07) is 22.5. The summed E-state index contributed by atoms with van der Waals surface area (Å²) in [4.78, 5) is 50.9. The van der Waals surface area contributed by atoms with Gasteiger partial charge in [0.1, 0.15) is 0 Å². The zero-order valence-electron chi connectivity index (χ0n) is 20.4. The molecule has 0 bridgehead atoms. The second kappa shape index (κ2) is 10.8. The number of carbonyl (C=O) groups excluding carboxylic acids is 2. The first-order valence-electron chi connectivity index (χ1n) is 11.4. The SMILES string of the molecule is COC(=O)c1ccccc1-c1cc(-c2ccccc2)c(C(=O)O)c(C(=O)O)c1-c1ccccc1C(=O)OC. The molecule has 0 fully saturated rings. The number of ether oxygens (including phenoxy) is 2. The average molecular weight is 510 g/mol. The van der Waals surface area contributed by atoms with E-state index in [1.54, 1.807) is 60.7 Å². The molecule has 0 radical (unpaired) electrons. The van der Waals surface area contributed by atoms with Crippen LogP contribution in [0.2, 0.25) is 0 Å². The van der Waals surface area contributed by atoms with Crippen molar-refractivity contribution in [1.82, 2.24) is 0 Å². The van der Waals surface area contributed by atoms with Crippen molar-refractivity contribution < 1.29 is 38.9 Å². The number of carboxylic acids is 2. The molecule has 0 aromatic heterocycles. The van der Waals surface area contributed by atoms with Crippen molar-refractivity contribution in [2.45, 2.75) is 0 Å². The molecule has 0 aliphatic carbocycles. The highest BCUT2D eigenvalue weighted by Crippen LogP contribution is 2.44. The van der Waals surface area contributed by atoms with Gasteiger partial charge in [0.25, 0.3) is 0 Å². The number of carboxylic acid groups (broad SMARTS) is 2. The highest BCUT2D eigenvalue weighted by atomic mass is 16.5. The summed E-state index contributed by atoms with van der Waals surface area (Å²) in [6.45, 7) is 0. The third-order valence-electron chi connectivity index (χ3n) is 6.06. The molecular weight excluding hydrogens is 488 g/mol. The average Bonchev–Trinajstić information content (AvgIpc) is 2.95. The summed E-state index contributed by atoms with van der Waals surface area (Å²) in [5.74, 6) is -4.40.